The van der Waals surface area contributed by atoms with E-state index in [9.17, 15) is 24.4 Å². The zero-order valence-corrected chi connectivity index (χ0v) is 14.3. The van der Waals surface area contributed by atoms with E-state index in [4.69, 9.17) is 13.9 Å². The molecule has 0 radical (unpaired) electrons. The van der Waals surface area contributed by atoms with Crippen LogP contribution in [0.2, 0.25) is 0 Å². The van der Waals surface area contributed by atoms with Gasteiger partial charge in [0, 0.05) is 11.1 Å². The predicted octanol–water partition coefficient (Wildman–Crippen LogP) is 2.37. The molecule has 138 valence electrons. The molecule has 26 heavy (non-hydrogen) atoms. The third-order valence-corrected chi connectivity index (χ3v) is 4.94. The molecule has 0 saturated carbocycles. The molecule has 9 heteroatoms. The molecular formula is C17H16FNO7. The summed E-state index contributed by atoms with van der Waals surface area (Å²) in [6, 6.07) is 0. The molecule has 0 bridgehead atoms. The Morgan fingerprint density at radius 3 is 2.69 bits per heavy atom. The molecular weight excluding hydrogens is 349 g/mol. The molecule has 1 aromatic carbocycles. The number of nitrogens with zero attached hydrogens (tertiary/aromatic N) is 1. The van der Waals surface area contributed by atoms with Crippen LogP contribution in [0.3, 0.4) is 0 Å². The van der Waals surface area contributed by atoms with E-state index in [1.54, 1.807) is 0 Å². The topological polar surface area (TPSA) is 112 Å². The molecule has 4 rings (SSSR count). The summed E-state index contributed by atoms with van der Waals surface area (Å²) >= 11 is 0. The first-order chi connectivity index (χ1) is 12.1. The van der Waals surface area contributed by atoms with Crippen molar-refractivity contribution in [2.75, 3.05) is 0 Å². The summed E-state index contributed by atoms with van der Waals surface area (Å²) < 4.78 is 30.7. The van der Waals surface area contributed by atoms with Gasteiger partial charge in [0.1, 0.15) is 17.1 Å². The fourth-order valence-corrected chi connectivity index (χ4v) is 3.59. The highest BCUT2D eigenvalue weighted by molar-refractivity contribution is 5.94. The molecule has 1 aromatic heterocycles. The molecule has 1 N–H and O–H groups in total. The number of ether oxygens (including phenoxy) is 2. The highest BCUT2D eigenvalue weighted by Crippen LogP contribution is 2.52. The van der Waals surface area contributed by atoms with E-state index < -0.39 is 34.3 Å². The summed E-state index contributed by atoms with van der Waals surface area (Å²) in [5, 5.41) is 21.8. The standard InChI is InChI=1S/C17H16FNO7/c1-6-8-13-7(4-5-17(2,3)26-13)12-9(11(20)15(24-12)19(22)23)14(8)25-16(21)10(6)18/h11,15,20H,4-5H2,1-3H3/t11-,15-/m0/s1. The molecule has 0 spiro atoms. The molecule has 8 nitrogen and oxygen atoms in total. The summed E-state index contributed by atoms with van der Waals surface area (Å²) in [5.41, 5.74) is -1.42. The molecule has 2 aromatic rings. The number of rotatable bonds is 1. The molecule has 2 atom stereocenters. The molecule has 0 saturated heterocycles. The van der Waals surface area contributed by atoms with Crippen LogP contribution in [0.15, 0.2) is 9.21 Å². The Bertz CT molecular complexity index is 1030. The van der Waals surface area contributed by atoms with Gasteiger partial charge in [-0.1, -0.05) is 0 Å². The minimum Gasteiger partial charge on any atom is -0.487 e. The predicted molar refractivity (Wildman–Crippen MR) is 86.6 cm³/mol. The lowest BCUT2D eigenvalue weighted by Gasteiger charge is -2.34. The number of benzene rings is 1. The Labute approximate surface area is 146 Å². The average molecular weight is 365 g/mol. The molecule has 0 fully saturated rings. The first-order valence-corrected chi connectivity index (χ1v) is 8.11. The van der Waals surface area contributed by atoms with Crippen LogP contribution in [0, 0.1) is 22.9 Å². The maximum absolute atomic E-state index is 14.2. The normalized spacial score (nSPS) is 23.1. The van der Waals surface area contributed by atoms with Crippen molar-refractivity contribution >= 4 is 11.0 Å². The summed E-state index contributed by atoms with van der Waals surface area (Å²) in [5.74, 6) is -0.719. The Kier molecular flexibility index (Phi) is 3.33. The zero-order valence-electron chi connectivity index (χ0n) is 14.3. The Balaban J connectivity index is 2.15. The summed E-state index contributed by atoms with van der Waals surface area (Å²) in [4.78, 5) is 22.3. The van der Waals surface area contributed by atoms with Gasteiger partial charge in [0.2, 0.25) is 5.82 Å². The van der Waals surface area contributed by atoms with Crippen LogP contribution in [-0.2, 0) is 6.42 Å². The molecule has 2 aliphatic heterocycles. The lowest BCUT2D eigenvalue weighted by atomic mass is 9.89. The number of nitro groups is 1. The Morgan fingerprint density at radius 1 is 1.35 bits per heavy atom. The van der Waals surface area contributed by atoms with Gasteiger partial charge in [-0.05, 0) is 33.6 Å². The molecule has 2 aliphatic rings. The second-order valence-corrected chi connectivity index (χ2v) is 7.18. The van der Waals surface area contributed by atoms with E-state index in [2.05, 4.69) is 0 Å². The van der Waals surface area contributed by atoms with Crippen LogP contribution in [0.25, 0.3) is 11.0 Å². The van der Waals surface area contributed by atoms with Crippen molar-refractivity contribution in [1.82, 2.24) is 0 Å². The van der Waals surface area contributed by atoms with Gasteiger partial charge in [-0.2, -0.15) is 4.39 Å². The number of aliphatic hydroxyl groups is 1. The second-order valence-electron chi connectivity index (χ2n) is 7.18. The van der Waals surface area contributed by atoms with Crippen molar-refractivity contribution in [3.05, 3.63) is 43.0 Å². The fraction of sp³-hybridized carbons (Fsp3) is 0.471. The number of aliphatic hydroxyl groups excluding tert-OH is 1. The van der Waals surface area contributed by atoms with Gasteiger partial charge in [-0.15, -0.1) is 0 Å². The summed E-state index contributed by atoms with van der Waals surface area (Å²) in [6.45, 7) is 5.12. The van der Waals surface area contributed by atoms with Crippen LogP contribution in [0.1, 0.15) is 43.1 Å². The highest BCUT2D eigenvalue weighted by Gasteiger charge is 2.48. The largest absolute Gasteiger partial charge is 0.487 e. The van der Waals surface area contributed by atoms with E-state index in [0.717, 1.165) is 0 Å². The average Bonchev–Trinajstić information content (AvgIpc) is 2.89. The highest BCUT2D eigenvalue weighted by atomic mass is 19.1. The lowest BCUT2D eigenvalue weighted by Crippen LogP contribution is -2.33. The van der Waals surface area contributed by atoms with Gasteiger partial charge in [0.15, 0.2) is 11.7 Å². The van der Waals surface area contributed by atoms with Crippen LogP contribution in [0.5, 0.6) is 11.5 Å². The van der Waals surface area contributed by atoms with E-state index in [0.29, 0.717) is 18.4 Å². The number of hydrogen-bond donors (Lipinski definition) is 1. The maximum Gasteiger partial charge on any atom is 0.384 e. The third kappa shape index (κ3) is 2.13. The van der Waals surface area contributed by atoms with Crippen LogP contribution in [-0.4, -0.2) is 21.9 Å². The van der Waals surface area contributed by atoms with Gasteiger partial charge in [0.25, 0.3) is 0 Å². The van der Waals surface area contributed by atoms with Crippen LogP contribution < -0.4 is 15.1 Å². The summed E-state index contributed by atoms with van der Waals surface area (Å²) in [6.07, 6.45) is -2.32. The lowest BCUT2D eigenvalue weighted by molar-refractivity contribution is -0.572. The molecule has 3 heterocycles. The second kappa shape index (κ2) is 5.16. The molecule has 0 unspecified atom stereocenters. The van der Waals surface area contributed by atoms with E-state index in [1.807, 2.05) is 13.8 Å². The number of aryl methyl sites for hydroxylation is 1. The van der Waals surface area contributed by atoms with Gasteiger partial charge < -0.3 is 19.0 Å². The van der Waals surface area contributed by atoms with Gasteiger partial charge in [0.05, 0.1) is 15.9 Å². The first kappa shape index (κ1) is 16.8. The zero-order chi connectivity index (χ0) is 19.0. The van der Waals surface area contributed by atoms with E-state index >= 15 is 0 Å². The quantitative estimate of drug-likeness (QED) is 0.469. The minimum atomic E-state index is -1.73. The monoisotopic (exact) mass is 365 g/mol. The van der Waals surface area contributed by atoms with Crippen molar-refractivity contribution in [3.8, 4) is 11.5 Å². The van der Waals surface area contributed by atoms with Crippen molar-refractivity contribution in [1.29, 1.82) is 0 Å². The third-order valence-electron chi connectivity index (χ3n) is 4.94. The van der Waals surface area contributed by atoms with Crippen molar-refractivity contribution in [3.63, 3.8) is 0 Å². The van der Waals surface area contributed by atoms with Crippen molar-refractivity contribution < 1.29 is 28.3 Å². The van der Waals surface area contributed by atoms with Gasteiger partial charge in [-0.3, -0.25) is 10.1 Å². The Hall–Kier alpha value is -2.68. The number of halogens is 1. The number of hydrogen-bond acceptors (Lipinski definition) is 7. The van der Waals surface area contributed by atoms with E-state index in [1.165, 1.54) is 6.92 Å². The Morgan fingerprint density at radius 2 is 2.04 bits per heavy atom. The SMILES string of the molecule is Cc1c(F)c(=O)oc2c3c(c4c(c12)OC(C)(C)CC4)O[C@H]([N+](=O)[O-])[C@H]3O. The molecule has 0 aliphatic carbocycles. The van der Waals surface area contributed by atoms with Crippen molar-refractivity contribution in [2.45, 2.75) is 51.5 Å². The summed E-state index contributed by atoms with van der Waals surface area (Å²) in [7, 11) is 0. The minimum absolute atomic E-state index is 0.00440. The van der Waals surface area contributed by atoms with Crippen LogP contribution in [0.4, 0.5) is 4.39 Å². The smallest absolute Gasteiger partial charge is 0.384 e. The van der Waals surface area contributed by atoms with Crippen molar-refractivity contribution in [2.24, 2.45) is 0 Å². The number of fused-ring (bicyclic) bond motifs is 6. The maximum atomic E-state index is 14.2. The molecule has 0 amide bonds. The first-order valence-electron chi connectivity index (χ1n) is 8.11. The fourth-order valence-electron chi connectivity index (χ4n) is 3.59. The van der Waals surface area contributed by atoms with Crippen LogP contribution >= 0.6 is 0 Å². The van der Waals surface area contributed by atoms with Gasteiger partial charge in [-0.25, -0.2) is 4.79 Å². The van der Waals surface area contributed by atoms with E-state index in [-0.39, 0.29) is 33.6 Å². The van der Waals surface area contributed by atoms with Gasteiger partial charge >= 0.3 is 11.9 Å².